The molecule has 2 rings (SSSR count). The van der Waals surface area contributed by atoms with Gasteiger partial charge in [0.05, 0.1) is 14.2 Å². The Bertz CT molecular complexity index is 572. The number of piperidine rings is 1. The average Bonchev–Trinajstić information content (AvgIpc) is 2.62. The first-order valence-electron chi connectivity index (χ1n) is 9.27. The predicted molar refractivity (Wildman–Crippen MR) is 100.0 cm³/mol. The predicted octanol–water partition coefficient (Wildman–Crippen LogP) is 2.86. The number of rotatable bonds is 7. The lowest BCUT2D eigenvalue weighted by molar-refractivity contribution is -0.138. The Morgan fingerprint density at radius 1 is 1.20 bits per heavy atom. The Hall–Kier alpha value is -1.75. The van der Waals surface area contributed by atoms with Crippen molar-refractivity contribution in [2.24, 2.45) is 17.6 Å². The summed E-state index contributed by atoms with van der Waals surface area (Å²) in [6.07, 6.45) is 3.62. The van der Waals surface area contributed by atoms with Crippen molar-refractivity contribution in [3.05, 3.63) is 23.8 Å². The molecule has 0 aromatic heterocycles. The summed E-state index contributed by atoms with van der Waals surface area (Å²) in [6, 6.07) is 6.07. The van der Waals surface area contributed by atoms with E-state index in [-0.39, 0.29) is 17.9 Å². The molecule has 0 aliphatic carbocycles. The summed E-state index contributed by atoms with van der Waals surface area (Å²) in [5.41, 5.74) is 7.44. The highest BCUT2D eigenvalue weighted by Crippen LogP contribution is 2.30. The summed E-state index contributed by atoms with van der Waals surface area (Å²) in [7, 11) is 3.28. The van der Waals surface area contributed by atoms with Gasteiger partial charge in [0.2, 0.25) is 5.91 Å². The van der Waals surface area contributed by atoms with Crippen LogP contribution >= 0.6 is 0 Å². The number of carbonyl (C=O) groups is 1. The van der Waals surface area contributed by atoms with Gasteiger partial charge in [-0.15, -0.1) is 0 Å². The van der Waals surface area contributed by atoms with Gasteiger partial charge in [-0.1, -0.05) is 19.9 Å². The van der Waals surface area contributed by atoms with Crippen LogP contribution in [0, 0.1) is 11.8 Å². The number of nitrogens with two attached hydrogens (primary N) is 1. The number of ether oxygens (including phenoxy) is 2. The van der Waals surface area contributed by atoms with Gasteiger partial charge in [-0.2, -0.15) is 0 Å². The Kier molecular flexibility index (Phi) is 7.12. The van der Waals surface area contributed by atoms with Crippen LogP contribution in [0.4, 0.5) is 0 Å². The number of hydrogen-bond acceptors (Lipinski definition) is 4. The third-order valence-electron chi connectivity index (χ3n) is 5.19. The second-order valence-corrected chi connectivity index (χ2v) is 7.01. The third-order valence-corrected chi connectivity index (χ3v) is 5.19. The van der Waals surface area contributed by atoms with Crippen molar-refractivity contribution >= 4 is 5.91 Å². The summed E-state index contributed by atoms with van der Waals surface area (Å²) in [6.45, 7) is 5.63. The van der Waals surface area contributed by atoms with Gasteiger partial charge in [0.25, 0.3) is 0 Å². The molecule has 1 amide bonds. The first-order valence-corrected chi connectivity index (χ1v) is 9.27. The van der Waals surface area contributed by atoms with Crippen LogP contribution in [0.25, 0.3) is 0 Å². The molecular weight excluding hydrogens is 316 g/mol. The van der Waals surface area contributed by atoms with Gasteiger partial charge in [0.1, 0.15) is 0 Å². The van der Waals surface area contributed by atoms with Crippen LogP contribution in [0.5, 0.6) is 11.5 Å². The molecule has 1 aliphatic heterocycles. The van der Waals surface area contributed by atoms with Crippen molar-refractivity contribution in [3.8, 4) is 11.5 Å². The summed E-state index contributed by atoms with van der Waals surface area (Å²) in [4.78, 5) is 14.7. The molecule has 1 aliphatic rings. The quantitative estimate of drug-likeness (QED) is 0.823. The minimum absolute atomic E-state index is 0.0530. The molecular formula is C20H32N2O3. The topological polar surface area (TPSA) is 64.8 Å². The van der Waals surface area contributed by atoms with E-state index in [1.165, 1.54) is 5.56 Å². The van der Waals surface area contributed by atoms with E-state index in [1.54, 1.807) is 14.2 Å². The molecule has 25 heavy (non-hydrogen) atoms. The maximum Gasteiger partial charge on any atom is 0.225 e. The van der Waals surface area contributed by atoms with Crippen LogP contribution in [0.15, 0.2) is 18.2 Å². The van der Waals surface area contributed by atoms with Crippen molar-refractivity contribution in [2.75, 3.05) is 27.3 Å². The van der Waals surface area contributed by atoms with Gasteiger partial charge in [-0.3, -0.25) is 4.79 Å². The van der Waals surface area contributed by atoms with Crippen molar-refractivity contribution in [3.63, 3.8) is 0 Å². The summed E-state index contributed by atoms with van der Waals surface area (Å²) in [5, 5.41) is 0. The van der Waals surface area contributed by atoms with E-state index in [4.69, 9.17) is 15.2 Å². The number of likely N-dealkylation sites (tertiary alicyclic amines) is 1. The zero-order valence-corrected chi connectivity index (χ0v) is 16.0. The van der Waals surface area contributed by atoms with E-state index in [0.717, 1.165) is 43.7 Å². The van der Waals surface area contributed by atoms with E-state index < -0.39 is 0 Å². The van der Waals surface area contributed by atoms with Crippen LogP contribution < -0.4 is 15.2 Å². The maximum absolute atomic E-state index is 12.7. The lowest BCUT2D eigenvalue weighted by Crippen LogP contribution is -2.51. The van der Waals surface area contributed by atoms with Crippen LogP contribution in [-0.2, 0) is 11.2 Å². The molecule has 2 N–H and O–H groups in total. The van der Waals surface area contributed by atoms with Gasteiger partial charge < -0.3 is 20.1 Å². The fraction of sp³-hybridized carbons (Fsp3) is 0.650. The zero-order chi connectivity index (χ0) is 18.4. The standard InChI is InChI=1S/C20H32N2O3/c1-5-16(6-2)20(23)22-12-15(10-17(21)13-22)9-14-7-8-18(24-3)19(11-14)25-4/h7-8,11,15-17H,5-6,9-10,12-13,21H2,1-4H3. The van der Waals surface area contributed by atoms with Crippen molar-refractivity contribution < 1.29 is 14.3 Å². The average molecular weight is 348 g/mol. The Morgan fingerprint density at radius 2 is 1.88 bits per heavy atom. The molecule has 5 heteroatoms. The van der Waals surface area contributed by atoms with E-state index in [9.17, 15) is 4.79 Å². The molecule has 0 spiro atoms. The maximum atomic E-state index is 12.7. The van der Waals surface area contributed by atoms with E-state index >= 15 is 0 Å². The molecule has 0 radical (unpaired) electrons. The molecule has 1 fully saturated rings. The molecule has 0 saturated carbocycles. The molecule has 1 saturated heterocycles. The van der Waals surface area contributed by atoms with E-state index in [2.05, 4.69) is 19.9 Å². The van der Waals surface area contributed by atoms with E-state index in [1.807, 2.05) is 17.0 Å². The first-order chi connectivity index (χ1) is 12.0. The van der Waals surface area contributed by atoms with Crippen molar-refractivity contribution in [1.29, 1.82) is 0 Å². The monoisotopic (exact) mass is 348 g/mol. The number of nitrogens with zero attached hydrogens (tertiary/aromatic N) is 1. The van der Waals surface area contributed by atoms with Crippen LogP contribution in [0.2, 0.25) is 0 Å². The lowest BCUT2D eigenvalue weighted by Gasteiger charge is -2.38. The zero-order valence-electron chi connectivity index (χ0n) is 16.0. The summed E-state index contributed by atoms with van der Waals surface area (Å²) in [5.74, 6) is 2.23. The van der Waals surface area contributed by atoms with Gasteiger partial charge in [-0.25, -0.2) is 0 Å². The summed E-state index contributed by atoms with van der Waals surface area (Å²) < 4.78 is 10.7. The first kappa shape index (κ1) is 19.6. The minimum atomic E-state index is 0.0530. The third kappa shape index (κ3) is 4.88. The molecule has 1 aromatic rings. The largest absolute Gasteiger partial charge is 0.493 e. The van der Waals surface area contributed by atoms with Crippen LogP contribution in [0.3, 0.4) is 0 Å². The number of amides is 1. The fourth-order valence-corrected chi connectivity index (χ4v) is 3.81. The number of hydrogen-bond donors (Lipinski definition) is 1. The van der Waals surface area contributed by atoms with Crippen molar-refractivity contribution in [2.45, 2.75) is 45.6 Å². The Balaban J connectivity index is 2.08. The molecule has 2 atom stereocenters. The fourth-order valence-electron chi connectivity index (χ4n) is 3.81. The van der Waals surface area contributed by atoms with Gasteiger partial charge >= 0.3 is 0 Å². The van der Waals surface area contributed by atoms with Crippen LogP contribution in [0.1, 0.15) is 38.7 Å². The van der Waals surface area contributed by atoms with Gasteiger partial charge in [0, 0.05) is 25.0 Å². The smallest absolute Gasteiger partial charge is 0.225 e. The Morgan fingerprint density at radius 3 is 2.48 bits per heavy atom. The second-order valence-electron chi connectivity index (χ2n) is 7.01. The molecule has 5 nitrogen and oxygen atoms in total. The second kappa shape index (κ2) is 9.09. The highest BCUT2D eigenvalue weighted by molar-refractivity contribution is 5.79. The number of carbonyl (C=O) groups excluding carboxylic acids is 1. The van der Waals surface area contributed by atoms with Gasteiger partial charge in [0.15, 0.2) is 11.5 Å². The lowest BCUT2D eigenvalue weighted by atomic mass is 9.88. The SMILES string of the molecule is CCC(CC)C(=O)N1CC(N)CC(Cc2ccc(OC)c(OC)c2)C1. The minimum Gasteiger partial charge on any atom is -0.493 e. The number of benzene rings is 1. The highest BCUT2D eigenvalue weighted by Gasteiger charge is 2.30. The molecule has 140 valence electrons. The van der Waals surface area contributed by atoms with E-state index in [0.29, 0.717) is 12.5 Å². The molecule has 2 unspecified atom stereocenters. The van der Waals surface area contributed by atoms with Crippen LogP contribution in [-0.4, -0.2) is 44.2 Å². The van der Waals surface area contributed by atoms with Gasteiger partial charge in [-0.05, 0) is 49.3 Å². The molecule has 1 aromatic carbocycles. The van der Waals surface area contributed by atoms with Crippen molar-refractivity contribution in [1.82, 2.24) is 4.90 Å². The normalized spacial score (nSPS) is 20.6. The summed E-state index contributed by atoms with van der Waals surface area (Å²) >= 11 is 0. The highest BCUT2D eigenvalue weighted by atomic mass is 16.5. The Labute approximate surface area is 151 Å². The number of methoxy groups -OCH3 is 2. The molecule has 0 bridgehead atoms. The molecule has 1 heterocycles.